The van der Waals surface area contributed by atoms with Crippen molar-refractivity contribution in [2.75, 3.05) is 56.2 Å². The summed E-state index contributed by atoms with van der Waals surface area (Å²) in [6.45, 7) is 7.47. The second-order valence-electron chi connectivity index (χ2n) is 9.02. The van der Waals surface area contributed by atoms with Crippen LogP contribution in [0.5, 0.6) is 5.75 Å². The van der Waals surface area contributed by atoms with E-state index < -0.39 is 0 Å². The van der Waals surface area contributed by atoms with Crippen LogP contribution in [0, 0.1) is 12.8 Å². The van der Waals surface area contributed by atoms with Gasteiger partial charge in [0.05, 0.1) is 12.8 Å². The van der Waals surface area contributed by atoms with Crippen LogP contribution in [-0.4, -0.2) is 62.2 Å². The molecule has 0 radical (unpaired) electrons. The molecule has 172 valence electrons. The first-order chi connectivity index (χ1) is 15.7. The second kappa shape index (κ2) is 10.8. The normalized spacial score (nSPS) is 17.9. The number of carbonyl (C=O) groups excluding carboxylic acids is 1. The molecule has 0 unspecified atom stereocenters. The molecule has 1 saturated carbocycles. The Kier molecular flexibility index (Phi) is 7.63. The van der Waals surface area contributed by atoms with Crippen LogP contribution in [0.15, 0.2) is 42.6 Å². The lowest BCUT2D eigenvalue weighted by molar-refractivity contribution is -0.123. The van der Waals surface area contributed by atoms with E-state index >= 15 is 0 Å². The lowest BCUT2D eigenvalue weighted by Gasteiger charge is -2.37. The Hall–Kier alpha value is -2.60. The predicted octanol–water partition coefficient (Wildman–Crippen LogP) is 4.13. The average Bonchev–Trinajstić information content (AvgIpc) is 2.86. The minimum atomic E-state index is 0.147. The van der Waals surface area contributed by atoms with E-state index in [-0.39, 0.29) is 11.8 Å². The van der Waals surface area contributed by atoms with Crippen LogP contribution >= 0.6 is 0 Å². The highest BCUT2D eigenvalue weighted by Gasteiger charge is 2.28. The minimum absolute atomic E-state index is 0.147. The van der Waals surface area contributed by atoms with Crippen molar-refractivity contribution in [3.63, 3.8) is 0 Å². The zero-order valence-electron chi connectivity index (χ0n) is 19.5. The molecular weight excluding hydrogens is 400 g/mol. The van der Waals surface area contributed by atoms with Crippen LogP contribution in [0.2, 0.25) is 0 Å². The summed E-state index contributed by atoms with van der Waals surface area (Å²) in [5.74, 6) is 2.12. The summed E-state index contributed by atoms with van der Waals surface area (Å²) < 4.78 is 5.54. The van der Waals surface area contributed by atoms with Crippen LogP contribution in [0.4, 0.5) is 11.5 Å². The first kappa shape index (κ1) is 22.6. The van der Waals surface area contributed by atoms with Gasteiger partial charge in [-0.1, -0.05) is 37.5 Å². The van der Waals surface area contributed by atoms with E-state index in [1.807, 2.05) is 36.2 Å². The Morgan fingerprint density at radius 2 is 1.81 bits per heavy atom. The molecule has 2 heterocycles. The van der Waals surface area contributed by atoms with Crippen molar-refractivity contribution in [2.24, 2.45) is 5.92 Å². The maximum atomic E-state index is 13.4. The smallest absolute Gasteiger partial charge is 0.231 e. The number of para-hydroxylation sites is 2. The SMILES string of the molecule is COc1ccccc1N1CCN(CCN(C(=O)C2CCCCC2)c2ccc(C)cn2)CC1. The van der Waals surface area contributed by atoms with Crippen molar-refractivity contribution in [3.8, 4) is 5.75 Å². The van der Waals surface area contributed by atoms with Crippen molar-refractivity contribution in [3.05, 3.63) is 48.2 Å². The largest absolute Gasteiger partial charge is 0.495 e. The van der Waals surface area contributed by atoms with Gasteiger partial charge in [-0.05, 0) is 43.5 Å². The molecule has 2 aromatic rings. The van der Waals surface area contributed by atoms with Crippen LogP contribution in [0.3, 0.4) is 0 Å². The molecule has 1 aliphatic heterocycles. The van der Waals surface area contributed by atoms with Crippen molar-refractivity contribution in [2.45, 2.75) is 39.0 Å². The number of carbonyl (C=O) groups is 1. The quantitative estimate of drug-likeness (QED) is 0.653. The fraction of sp³-hybridized carbons (Fsp3) is 0.538. The Morgan fingerprint density at radius 1 is 1.06 bits per heavy atom. The third kappa shape index (κ3) is 5.41. The van der Waals surface area contributed by atoms with Gasteiger partial charge in [-0.3, -0.25) is 14.6 Å². The number of methoxy groups -OCH3 is 1. The summed E-state index contributed by atoms with van der Waals surface area (Å²) in [5, 5.41) is 0. The van der Waals surface area contributed by atoms with Crippen molar-refractivity contribution < 1.29 is 9.53 Å². The number of aromatic nitrogens is 1. The number of piperazine rings is 1. The van der Waals surface area contributed by atoms with Crippen molar-refractivity contribution in [1.29, 1.82) is 0 Å². The molecule has 0 spiro atoms. The molecule has 2 fully saturated rings. The van der Waals surface area contributed by atoms with E-state index in [4.69, 9.17) is 4.74 Å². The molecule has 32 heavy (non-hydrogen) atoms. The summed E-state index contributed by atoms with van der Waals surface area (Å²) >= 11 is 0. The molecule has 1 amide bonds. The lowest BCUT2D eigenvalue weighted by Crippen LogP contribution is -2.50. The number of anilines is 2. The van der Waals surface area contributed by atoms with Gasteiger partial charge >= 0.3 is 0 Å². The van der Waals surface area contributed by atoms with Gasteiger partial charge in [0, 0.05) is 51.4 Å². The van der Waals surface area contributed by atoms with E-state index in [2.05, 4.69) is 33.0 Å². The standard InChI is InChI=1S/C26H36N4O2/c1-21-12-13-25(27-20-21)30(26(31)22-8-4-3-5-9-22)19-16-28-14-17-29(18-15-28)23-10-6-7-11-24(23)32-2/h6-7,10-13,20,22H,3-5,8-9,14-19H2,1-2H3. The molecule has 1 aromatic heterocycles. The van der Waals surface area contributed by atoms with Crippen LogP contribution in [0.25, 0.3) is 0 Å². The first-order valence-electron chi connectivity index (χ1n) is 12.0. The molecule has 6 nitrogen and oxygen atoms in total. The maximum Gasteiger partial charge on any atom is 0.231 e. The Bertz CT molecular complexity index is 872. The number of rotatable bonds is 7. The fourth-order valence-corrected chi connectivity index (χ4v) is 4.87. The number of hydrogen-bond acceptors (Lipinski definition) is 5. The number of pyridine rings is 1. The van der Waals surface area contributed by atoms with Crippen molar-refractivity contribution in [1.82, 2.24) is 9.88 Å². The zero-order valence-corrected chi connectivity index (χ0v) is 19.5. The minimum Gasteiger partial charge on any atom is -0.495 e. The van der Waals surface area contributed by atoms with E-state index in [0.29, 0.717) is 6.54 Å². The second-order valence-corrected chi connectivity index (χ2v) is 9.02. The topological polar surface area (TPSA) is 48.9 Å². The Labute approximate surface area is 192 Å². The van der Waals surface area contributed by atoms with E-state index in [0.717, 1.165) is 81.2 Å². The zero-order chi connectivity index (χ0) is 22.3. The highest BCUT2D eigenvalue weighted by molar-refractivity contribution is 5.94. The van der Waals surface area contributed by atoms with E-state index in [1.54, 1.807) is 7.11 Å². The molecule has 0 atom stereocenters. The van der Waals surface area contributed by atoms with Crippen LogP contribution < -0.4 is 14.5 Å². The van der Waals surface area contributed by atoms with E-state index in [9.17, 15) is 4.79 Å². The molecular formula is C26H36N4O2. The fourth-order valence-electron chi connectivity index (χ4n) is 4.87. The summed E-state index contributed by atoms with van der Waals surface area (Å²) in [7, 11) is 1.73. The van der Waals surface area contributed by atoms with Crippen LogP contribution in [-0.2, 0) is 4.79 Å². The number of amides is 1. The lowest BCUT2D eigenvalue weighted by atomic mass is 9.88. The molecule has 1 aliphatic carbocycles. The Morgan fingerprint density at radius 3 is 2.50 bits per heavy atom. The van der Waals surface area contributed by atoms with Gasteiger partial charge in [0.25, 0.3) is 0 Å². The third-order valence-corrected chi connectivity index (χ3v) is 6.83. The van der Waals surface area contributed by atoms with Gasteiger partial charge in [-0.15, -0.1) is 0 Å². The number of hydrogen-bond donors (Lipinski definition) is 0. The summed E-state index contributed by atoms with van der Waals surface area (Å²) in [6.07, 6.45) is 7.47. The molecule has 2 aliphatic rings. The van der Waals surface area contributed by atoms with Gasteiger partial charge in [-0.25, -0.2) is 4.98 Å². The summed E-state index contributed by atoms with van der Waals surface area (Å²) in [6, 6.07) is 12.3. The first-order valence-corrected chi connectivity index (χ1v) is 12.0. The number of ether oxygens (including phenoxy) is 1. The monoisotopic (exact) mass is 436 g/mol. The molecule has 0 bridgehead atoms. The summed E-state index contributed by atoms with van der Waals surface area (Å²) in [5.41, 5.74) is 2.28. The van der Waals surface area contributed by atoms with Gasteiger partial charge in [0.2, 0.25) is 5.91 Å². The average molecular weight is 437 g/mol. The number of aryl methyl sites for hydroxylation is 1. The summed E-state index contributed by atoms with van der Waals surface area (Å²) in [4.78, 5) is 24.8. The highest BCUT2D eigenvalue weighted by atomic mass is 16.5. The van der Waals surface area contributed by atoms with E-state index in [1.165, 1.54) is 6.42 Å². The maximum absolute atomic E-state index is 13.4. The molecule has 6 heteroatoms. The van der Waals surface area contributed by atoms with Gasteiger partial charge in [0.1, 0.15) is 11.6 Å². The highest BCUT2D eigenvalue weighted by Crippen LogP contribution is 2.29. The number of nitrogens with zero attached hydrogens (tertiary/aromatic N) is 4. The van der Waals surface area contributed by atoms with Gasteiger partial charge in [-0.2, -0.15) is 0 Å². The Balaban J connectivity index is 1.38. The molecule has 1 saturated heterocycles. The van der Waals surface area contributed by atoms with Crippen molar-refractivity contribution >= 4 is 17.4 Å². The van der Waals surface area contributed by atoms with Gasteiger partial charge < -0.3 is 9.64 Å². The molecule has 4 rings (SSSR count). The van der Waals surface area contributed by atoms with Gasteiger partial charge in [0.15, 0.2) is 0 Å². The number of benzene rings is 1. The molecule has 1 aromatic carbocycles. The van der Waals surface area contributed by atoms with Crippen LogP contribution in [0.1, 0.15) is 37.7 Å². The molecule has 0 N–H and O–H groups in total. The predicted molar refractivity (Wildman–Crippen MR) is 130 cm³/mol. The third-order valence-electron chi connectivity index (χ3n) is 6.83.